The van der Waals surface area contributed by atoms with Crippen LogP contribution in [0.15, 0.2) is 17.5 Å². The molecule has 0 spiro atoms. The predicted octanol–water partition coefficient (Wildman–Crippen LogP) is 2.57. The van der Waals surface area contributed by atoms with E-state index in [1.807, 2.05) is 13.8 Å². The van der Waals surface area contributed by atoms with E-state index >= 15 is 0 Å². The van der Waals surface area contributed by atoms with Crippen LogP contribution in [0, 0.1) is 13.8 Å². The third-order valence-corrected chi connectivity index (χ3v) is 6.89. The van der Waals surface area contributed by atoms with Gasteiger partial charge in [0, 0.05) is 17.7 Å². The van der Waals surface area contributed by atoms with E-state index in [-0.39, 0.29) is 5.91 Å². The first kappa shape index (κ1) is 18.1. The van der Waals surface area contributed by atoms with Crippen LogP contribution < -0.4 is 10.2 Å². The fraction of sp³-hybridized carbons (Fsp3) is 0.444. The smallest absolute Gasteiger partial charge is 0.341 e. The summed E-state index contributed by atoms with van der Waals surface area (Å²) in [5.41, 5.74) is 1.35. The summed E-state index contributed by atoms with van der Waals surface area (Å²) in [4.78, 5) is 28.3. The largest absolute Gasteiger partial charge is 0.465 e. The fourth-order valence-corrected chi connectivity index (χ4v) is 5.38. The van der Waals surface area contributed by atoms with Crippen molar-refractivity contribution in [3.8, 4) is 0 Å². The van der Waals surface area contributed by atoms with E-state index in [1.54, 1.807) is 11.3 Å². The Kier molecular flexibility index (Phi) is 5.56. The molecule has 2 aromatic rings. The number of quaternary nitrogens is 1. The van der Waals surface area contributed by atoms with E-state index in [0.717, 1.165) is 29.8 Å². The summed E-state index contributed by atoms with van der Waals surface area (Å²) in [6, 6.07) is 4.62. The molecular formula is C18H23N2O3S2+. The van der Waals surface area contributed by atoms with Crippen LogP contribution in [0.5, 0.6) is 0 Å². The third kappa shape index (κ3) is 3.78. The zero-order valence-electron chi connectivity index (χ0n) is 14.7. The van der Waals surface area contributed by atoms with Gasteiger partial charge < -0.3 is 15.0 Å². The Morgan fingerprint density at radius 2 is 2.20 bits per heavy atom. The van der Waals surface area contributed by atoms with E-state index in [1.165, 1.54) is 28.2 Å². The number of methoxy groups -OCH3 is 1. The lowest BCUT2D eigenvalue weighted by molar-refractivity contribution is -0.910. The number of aryl methyl sites for hydroxylation is 1. The van der Waals surface area contributed by atoms with Gasteiger partial charge in [0.1, 0.15) is 11.0 Å². The van der Waals surface area contributed by atoms with Gasteiger partial charge in [0.05, 0.1) is 24.1 Å². The van der Waals surface area contributed by atoms with E-state index < -0.39 is 5.97 Å². The Labute approximate surface area is 155 Å². The van der Waals surface area contributed by atoms with Crippen LogP contribution in [0.3, 0.4) is 0 Å². The summed E-state index contributed by atoms with van der Waals surface area (Å²) in [5, 5.41) is 5.63. The van der Waals surface area contributed by atoms with Crippen LogP contribution in [0.4, 0.5) is 5.00 Å². The van der Waals surface area contributed by atoms with Crippen molar-refractivity contribution in [1.29, 1.82) is 0 Å². The average molecular weight is 380 g/mol. The number of hydrogen-bond acceptors (Lipinski definition) is 5. The number of likely N-dealkylation sites (tertiary alicyclic amines) is 1. The van der Waals surface area contributed by atoms with E-state index in [4.69, 9.17) is 4.74 Å². The Bertz CT molecular complexity index is 768. The van der Waals surface area contributed by atoms with Gasteiger partial charge in [-0.15, -0.1) is 22.7 Å². The molecule has 1 unspecified atom stereocenters. The average Bonchev–Trinajstić information content (AvgIpc) is 3.29. The number of amides is 1. The Hall–Kier alpha value is -1.70. The summed E-state index contributed by atoms with van der Waals surface area (Å²) in [5.74, 6) is -0.452. The summed E-state index contributed by atoms with van der Waals surface area (Å²) >= 11 is 3.19. The highest BCUT2D eigenvalue weighted by atomic mass is 32.1. The lowest BCUT2D eigenvalue weighted by atomic mass is 10.1. The summed E-state index contributed by atoms with van der Waals surface area (Å²) in [6.07, 6.45) is 2.25. The monoisotopic (exact) mass is 379 g/mol. The van der Waals surface area contributed by atoms with Crippen LogP contribution in [0.2, 0.25) is 0 Å². The molecule has 1 amide bonds. The predicted molar refractivity (Wildman–Crippen MR) is 101 cm³/mol. The third-order valence-electron chi connectivity index (χ3n) is 4.79. The zero-order valence-corrected chi connectivity index (χ0v) is 16.3. The second kappa shape index (κ2) is 7.68. The second-order valence-corrected chi connectivity index (χ2v) is 8.53. The number of anilines is 1. The molecule has 1 aliphatic heterocycles. The lowest BCUT2D eigenvalue weighted by Gasteiger charge is -2.20. The van der Waals surface area contributed by atoms with Crippen molar-refractivity contribution in [2.45, 2.75) is 32.7 Å². The molecule has 2 atom stereocenters. The highest BCUT2D eigenvalue weighted by molar-refractivity contribution is 7.16. The van der Waals surface area contributed by atoms with Crippen LogP contribution in [0.1, 0.15) is 44.6 Å². The maximum Gasteiger partial charge on any atom is 0.341 e. The molecule has 2 N–H and O–H groups in total. The van der Waals surface area contributed by atoms with Crippen LogP contribution >= 0.6 is 22.7 Å². The Morgan fingerprint density at radius 3 is 2.88 bits per heavy atom. The molecular weight excluding hydrogens is 356 g/mol. The number of esters is 1. The molecule has 3 rings (SSSR count). The molecule has 1 saturated heterocycles. The van der Waals surface area contributed by atoms with Gasteiger partial charge >= 0.3 is 5.97 Å². The van der Waals surface area contributed by atoms with Gasteiger partial charge in [0.25, 0.3) is 5.91 Å². The van der Waals surface area contributed by atoms with Crippen LogP contribution in [-0.2, 0) is 9.53 Å². The highest BCUT2D eigenvalue weighted by Gasteiger charge is 2.32. The first-order chi connectivity index (χ1) is 12.0. The minimum absolute atomic E-state index is 0.0511. The highest BCUT2D eigenvalue weighted by Crippen LogP contribution is 2.32. The maximum atomic E-state index is 12.6. The molecule has 3 heterocycles. The standard InChI is InChI=1S/C18H22N2O3S2/c1-11-12(2)25-17(16(11)18(22)23-3)19-15(21)10-20-8-4-6-13(20)14-7-5-9-24-14/h5,7,9,13H,4,6,8,10H2,1-3H3,(H,19,21)/p+1/t13-/m0/s1. The van der Waals surface area contributed by atoms with Crippen molar-refractivity contribution in [3.63, 3.8) is 0 Å². The first-order valence-corrected chi connectivity index (χ1v) is 10.1. The Morgan fingerprint density at radius 1 is 1.40 bits per heavy atom. The van der Waals surface area contributed by atoms with Crippen molar-refractivity contribution >= 4 is 39.6 Å². The van der Waals surface area contributed by atoms with Crippen molar-refractivity contribution < 1.29 is 19.2 Å². The van der Waals surface area contributed by atoms with Gasteiger partial charge in [-0.1, -0.05) is 6.07 Å². The summed E-state index contributed by atoms with van der Waals surface area (Å²) < 4.78 is 4.86. The number of carbonyl (C=O) groups is 2. The number of hydrogen-bond donors (Lipinski definition) is 2. The SMILES string of the molecule is COC(=O)c1c(NC(=O)C[NH+]2CCC[C@H]2c2cccs2)sc(C)c1C. The molecule has 0 aliphatic carbocycles. The minimum atomic E-state index is -0.401. The number of thiophene rings is 2. The fourth-order valence-electron chi connectivity index (χ4n) is 3.40. The maximum absolute atomic E-state index is 12.6. The van der Waals surface area contributed by atoms with Gasteiger partial charge in [-0.05, 0) is 30.9 Å². The van der Waals surface area contributed by atoms with E-state index in [2.05, 4.69) is 22.8 Å². The molecule has 1 fully saturated rings. The van der Waals surface area contributed by atoms with E-state index in [9.17, 15) is 9.59 Å². The molecule has 5 nitrogen and oxygen atoms in total. The minimum Gasteiger partial charge on any atom is -0.465 e. The number of nitrogens with one attached hydrogen (secondary N) is 2. The van der Waals surface area contributed by atoms with Gasteiger partial charge in [-0.3, -0.25) is 4.79 Å². The molecule has 0 radical (unpaired) electrons. The molecule has 0 bridgehead atoms. The molecule has 25 heavy (non-hydrogen) atoms. The van der Waals surface area contributed by atoms with E-state index in [0.29, 0.717) is 23.2 Å². The summed E-state index contributed by atoms with van der Waals surface area (Å²) in [6.45, 7) is 5.24. The van der Waals surface area contributed by atoms with Gasteiger partial charge in [-0.25, -0.2) is 4.79 Å². The molecule has 1 aliphatic rings. The molecule has 2 aromatic heterocycles. The van der Waals surface area contributed by atoms with Crippen molar-refractivity contribution in [1.82, 2.24) is 0 Å². The quantitative estimate of drug-likeness (QED) is 0.785. The second-order valence-electron chi connectivity index (χ2n) is 6.32. The topological polar surface area (TPSA) is 59.8 Å². The van der Waals surface area contributed by atoms with Crippen LogP contribution in [0.25, 0.3) is 0 Å². The zero-order chi connectivity index (χ0) is 18.0. The van der Waals surface area contributed by atoms with Crippen molar-refractivity contribution in [2.24, 2.45) is 0 Å². The molecule has 7 heteroatoms. The van der Waals surface area contributed by atoms with Gasteiger partial charge in [0.15, 0.2) is 6.54 Å². The van der Waals surface area contributed by atoms with Gasteiger partial charge in [0.2, 0.25) is 0 Å². The molecule has 134 valence electrons. The van der Waals surface area contributed by atoms with Crippen molar-refractivity contribution in [2.75, 3.05) is 25.5 Å². The lowest BCUT2D eigenvalue weighted by Crippen LogP contribution is -3.11. The Balaban J connectivity index is 1.71. The van der Waals surface area contributed by atoms with Crippen LogP contribution in [-0.4, -0.2) is 32.1 Å². The number of carbonyl (C=O) groups excluding carboxylic acids is 2. The van der Waals surface area contributed by atoms with Gasteiger partial charge in [-0.2, -0.15) is 0 Å². The summed E-state index contributed by atoms with van der Waals surface area (Å²) in [7, 11) is 1.36. The number of ether oxygens (including phenoxy) is 1. The molecule has 0 aromatic carbocycles. The molecule has 0 saturated carbocycles. The van der Waals surface area contributed by atoms with Crippen molar-refractivity contribution in [3.05, 3.63) is 38.4 Å². The normalized spacial score (nSPS) is 19.8. The number of rotatable bonds is 5. The first-order valence-electron chi connectivity index (χ1n) is 8.37.